The molecule has 0 aliphatic carbocycles. The molecule has 0 saturated heterocycles. The lowest BCUT2D eigenvalue weighted by molar-refractivity contribution is 0.153. The van der Waals surface area contributed by atoms with Crippen LogP contribution in [0.3, 0.4) is 0 Å². The number of hydrogen-bond acceptors (Lipinski definition) is 3. The average Bonchev–Trinajstić information content (AvgIpc) is 2.06. The fourth-order valence-electron chi connectivity index (χ4n) is 0.903. The molecule has 12 heavy (non-hydrogen) atoms. The van der Waals surface area contributed by atoms with E-state index in [2.05, 4.69) is 24.7 Å². The molecule has 3 nitrogen and oxygen atoms in total. The third-order valence-corrected chi connectivity index (χ3v) is 1.76. The van der Waals surface area contributed by atoms with E-state index in [0.29, 0.717) is 0 Å². The van der Waals surface area contributed by atoms with Gasteiger partial charge in [-0.2, -0.15) is 5.12 Å². The minimum Gasteiger partial charge on any atom is -0.242 e. The SMILES string of the molecule is CCCCNN(C)NCCCC. The van der Waals surface area contributed by atoms with Crippen LogP contribution in [0, 0.1) is 0 Å². The van der Waals surface area contributed by atoms with Gasteiger partial charge in [-0.1, -0.05) is 26.7 Å². The highest BCUT2D eigenvalue weighted by molar-refractivity contribution is 4.42. The second-order valence-electron chi connectivity index (χ2n) is 3.08. The van der Waals surface area contributed by atoms with Crippen LogP contribution in [0.25, 0.3) is 0 Å². The third kappa shape index (κ3) is 7.98. The van der Waals surface area contributed by atoms with Crippen LogP contribution in [0.15, 0.2) is 0 Å². The van der Waals surface area contributed by atoms with Crippen LogP contribution in [0.1, 0.15) is 39.5 Å². The zero-order valence-corrected chi connectivity index (χ0v) is 8.69. The first-order valence-electron chi connectivity index (χ1n) is 5.02. The van der Waals surface area contributed by atoms with Crippen LogP contribution in [0.5, 0.6) is 0 Å². The summed E-state index contributed by atoms with van der Waals surface area (Å²) in [7, 11) is 2.02. The molecule has 0 atom stereocenters. The topological polar surface area (TPSA) is 27.3 Å². The maximum Gasteiger partial charge on any atom is 0.0174 e. The van der Waals surface area contributed by atoms with E-state index in [9.17, 15) is 0 Å². The molecule has 0 amide bonds. The van der Waals surface area contributed by atoms with E-state index in [4.69, 9.17) is 0 Å². The summed E-state index contributed by atoms with van der Waals surface area (Å²) in [6.45, 7) is 6.52. The van der Waals surface area contributed by atoms with E-state index < -0.39 is 0 Å². The van der Waals surface area contributed by atoms with Crippen molar-refractivity contribution in [3.63, 3.8) is 0 Å². The molecule has 0 spiro atoms. The first kappa shape index (κ1) is 11.9. The van der Waals surface area contributed by atoms with Crippen molar-refractivity contribution in [1.29, 1.82) is 0 Å². The normalized spacial score (nSPS) is 11.0. The number of nitrogens with one attached hydrogen (secondary N) is 2. The standard InChI is InChI=1S/C9H23N3/c1-4-6-8-10-12(3)11-9-7-5-2/h10-11H,4-9H2,1-3H3. The molecule has 0 radical (unpaired) electrons. The van der Waals surface area contributed by atoms with Gasteiger partial charge in [-0.05, 0) is 12.8 Å². The highest BCUT2D eigenvalue weighted by Gasteiger charge is 1.93. The molecule has 0 aromatic heterocycles. The third-order valence-electron chi connectivity index (χ3n) is 1.76. The van der Waals surface area contributed by atoms with Crippen LogP contribution < -0.4 is 10.9 Å². The zero-order valence-electron chi connectivity index (χ0n) is 8.69. The van der Waals surface area contributed by atoms with Gasteiger partial charge in [-0.25, -0.2) is 10.9 Å². The Bertz CT molecular complexity index is 75.8. The van der Waals surface area contributed by atoms with E-state index in [1.54, 1.807) is 0 Å². The summed E-state index contributed by atoms with van der Waals surface area (Å²) in [6, 6.07) is 0. The molecular formula is C9H23N3. The summed E-state index contributed by atoms with van der Waals surface area (Å²) in [5, 5.41) is 1.96. The summed E-state index contributed by atoms with van der Waals surface area (Å²) in [6.07, 6.45) is 4.96. The van der Waals surface area contributed by atoms with Crippen LogP contribution in [-0.4, -0.2) is 25.3 Å². The van der Waals surface area contributed by atoms with E-state index >= 15 is 0 Å². The lowest BCUT2D eigenvalue weighted by atomic mass is 10.3. The van der Waals surface area contributed by atoms with Crippen molar-refractivity contribution in [2.75, 3.05) is 20.1 Å². The van der Waals surface area contributed by atoms with Gasteiger partial charge in [0.1, 0.15) is 0 Å². The Kier molecular flexibility index (Phi) is 8.88. The Labute approximate surface area is 76.5 Å². The first-order chi connectivity index (χ1) is 5.81. The summed E-state index contributed by atoms with van der Waals surface area (Å²) in [5.41, 5.74) is 6.53. The van der Waals surface area contributed by atoms with E-state index in [1.807, 2.05) is 12.2 Å². The van der Waals surface area contributed by atoms with Gasteiger partial charge in [0.05, 0.1) is 0 Å². The van der Waals surface area contributed by atoms with Gasteiger partial charge in [0.15, 0.2) is 0 Å². The molecule has 0 unspecified atom stereocenters. The number of nitrogens with zero attached hydrogens (tertiary/aromatic N) is 1. The van der Waals surface area contributed by atoms with Crippen molar-refractivity contribution < 1.29 is 0 Å². The van der Waals surface area contributed by atoms with Gasteiger partial charge < -0.3 is 0 Å². The fraction of sp³-hybridized carbons (Fsp3) is 1.00. The maximum absolute atomic E-state index is 3.26. The van der Waals surface area contributed by atoms with Gasteiger partial charge in [0.25, 0.3) is 0 Å². The van der Waals surface area contributed by atoms with Gasteiger partial charge in [0, 0.05) is 20.1 Å². The largest absolute Gasteiger partial charge is 0.242 e. The minimum atomic E-state index is 1.06. The molecule has 0 aromatic rings. The molecule has 3 heteroatoms. The average molecular weight is 173 g/mol. The number of hydrazine groups is 2. The van der Waals surface area contributed by atoms with Gasteiger partial charge in [0.2, 0.25) is 0 Å². The summed E-state index contributed by atoms with van der Waals surface area (Å²) in [4.78, 5) is 0. The molecule has 0 saturated carbocycles. The first-order valence-corrected chi connectivity index (χ1v) is 5.02. The Balaban J connectivity index is 3.04. The second kappa shape index (κ2) is 8.97. The van der Waals surface area contributed by atoms with Crippen molar-refractivity contribution >= 4 is 0 Å². The maximum atomic E-state index is 3.26. The summed E-state index contributed by atoms with van der Waals surface area (Å²) >= 11 is 0. The predicted octanol–water partition coefficient (Wildman–Crippen LogP) is 1.53. The summed E-state index contributed by atoms with van der Waals surface area (Å²) < 4.78 is 0. The highest BCUT2D eigenvalue weighted by atomic mass is 15.7. The lowest BCUT2D eigenvalue weighted by Crippen LogP contribution is -2.45. The highest BCUT2D eigenvalue weighted by Crippen LogP contribution is 1.84. The number of unbranched alkanes of at least 4 members (excludes halogenated alkanes) is 2. The molecule has 0 aliphatic heterocycles. The van der Waals surface area contributed by atoms with Gasteiger partial charge in [-0.3, -0.25) is 0 Å². The molecule has 0 heterocycles. The van der Waals surface area contributed by atoms with Crippen molar-refractivity contribution in [3.8, 4) is 0 Å². The summed E-state index contributed by atoms with van der Waals surface area (Å²) in [5.74, 6) is 0. The molecule has 0 fully saturated rings. The molecule has 74 valence electrons. The van der Waals surface area contributed by atoms with E-state index in [1.165, 1.54) is 25.7 Å². The zero-order chi connectivity index (χ0) is 9.23. The Morgan fingerprint density at radius 3 is 1.67 bits per heavy atom. The van der Waals surface area contributed by atoms with Crippen LogP contribution in [-0.2, 0) is 0 Å². The van der Waals surface area contributed by atoms with Crippen molar-refractivity contribution in [1.82, 2.24) is 16.0 Å². The van der Waals surface area contributed by atoms with Gasteiger partial charge in [-0.15, -0.1) is 0 Å². The smallest absolute Gasteiger partial charge is 0.0174 e. The van der Waals surface area contributed by atoms with E-state index in [0.717, 1.165) is 13.1 Å². The minimum absolute atomic E-state index is 1.06. The molecule has 0 bridgehead atoms. The quantitative estimate of drug-likeness (QED) is 0.430. The van der Waals surface area contributed by atoms with Gasteiger partial charge >= 0.3 is 0 Å². The Morgan fingerprint density at radius 2 is 1.33 bits per heavy atom. The second-order valence-corrected chi connectivity index (χ2v) is 3.08. The molecule has 2 N–H and O–H groups in total. The Hall–Kier alpha value is -0.120. The van der Waals surface area contributed by atoms with Crippen molar-refractivity contribution in [2.45, 2.75) is 39.5 Å². The monoisotopic (exact) mass is 173 g/mol. The molecule has 0 aromatic carbocycles. The van der Waals surface area contributed by atoms with Crippen molar-refractivity contribution in [3.05, 3.63) is 0 Å². The number of hydrogen-bond donors (Lipinski definition) is 2. The predicted molar refractivity (Wildman–Crippen MR) is 53.6 cm³/mol. The number of rotatable bonds is 8. The van der Waals surface area contributed by atoms with E-state index in [-0.39, 0.29) is 0 Å². The van der Waals surface area contributed by atoms with Crippen molar-refractivity contribution in [2.24, 2.45) is 0 Å². The van der Waals surface area contributed by atoms with Crippen LogP contribution in [0.4, 0.5) is 0 Å². The molecule has 0 aliphatic rings. The molecule has 0 rings (SSSR count). The Morgan fingerprint density at radius 1 is 0.917 bits per heavy atom. The lowest BCUT2D eigenvalue weighted by Gasteiger charge is -2.18. The van der Waals surface area contributed by atoms with Crippen LogP contribution >= 0.6 is 0 Å². The van der Waals surface area contributed by atoms with Crippen LogP contribution in [0.2, 0.25) is 0 Å². The molecular weight excluding hydrogens is 150 g/mol. The fourth-order valence-corrected chi connectivity index (χ4v) is 0.903.